The Morgan fingerprint density at radius 3 is 2.53 bits per heavy atom. The van der Waals surface area contributed by atoms with E-state index in [2.05, 4.69) is 15.3 Å². The van der Waals surface area contributed by atoms with E-state index in [1.165, 1.54) is 0 Å². The first-order valence-electron chi connectivity index (χ1n) is 15.1. The Morgan fingerprint density at radius 1 is 1.11 bits per heavy atom. The lowest BCUT2D eigenvalue weighted by molar-refractivity contribution is -0.155. The molecule has 0 saturated heterocycles. The number of hydrogen-bond acceptors (Lipinski definition) is 8. The van der Waals surface area contributed by atoms with Gasteiger partial charge in [0.2, 0.25) is 5.90 Å². The first kappa shape index (κ1) is 35.6. The Bertz CT molecular complexity index is 1650. The Balaban J connectivity index is 1.79. The molecular weight excluding hydrogens is 645 g/mol. The number of benzene rings is 3. The van der Waals surface area contributed by atoms with Crippen molar-refractivity contribution in [3.8, 4) is 5.75 Å². The number of carbonyl (C=O) groups excluding carboxylic acids is 2. The maximum atomic E-state index is 14.5. The van der Waals surface area contributed by atoms with Gasteiger partial charge in [0, 0.05) is 46.5 Å². The number of nitrogens with zero attached hydrogens (tertiary/aromatic N) is 4. The van der Waals surface area contributed by atoms with E-state index in [9.17, 15) is 9.59 Å². The van der Waals surface area contributed by atoms with Crippen LogP contribution in [0.1, 0.15) is 68.4 Å². The number of nitrogens with one attached hydrogen (secondary N) is 1. The minimum Gasteiger partial charge on any atom is -0.494 e. The molecule has 0 fully saturated rings. The van der Waals surface area contributed by atoms with E-state index in [0.717, 1.165) is 0 Å². The number of rotatable bonds is 14. The van der Waals surface area contributed by atoms with E-state index in [4.69, 9.17) is 53.0 Å². The molecule has 0 aromatic heterocycles. The molecule has 3 aromatic carbocycles. The maximum Gasteiger partial charge on any atom is 0.306 e. The quantitative estimate of drug-likeness (QED) is 0.0600. The second-order valence-electron chi connectivity index (χ2n) is 11.9. The summed E-state index contributed by atoms with van der Waals surface area (Å²) in [6.07, 6.45) is -0.718. The monoisotopic (exact) mass is 681 g/mol. The van der Waals surface area contributed by atoms with Crippen LogP contribution >= 0.6 is 23.2 Å². The van der Waals surface area contributed by atoms with Crippen LogP contribution in [0.5, 0.6) is 5.75 Å². The highest BCUT2D eigenvalue weighted by Crippen LogP contribution is 2.44. The topological polar surface area (TPSA) is 155 Å². The molecule has 11 nitrogen and oxygen atoms in total. The van der Waals surface area contributed by atoms with Crippen LogP contribution in [-0.4, -0.2) is 47.2 Å². The summed E-state index contributed by atoms with van der Waals surface area (Å²) in [5.74, 6) is -0.237. The summed E-state index contributed by atoms with van der Waals surface area (Å²) < 4.78 is 17.8. The average Bonchev–Trinajstić information content (AvgIpc) is 3.43. The molecule has 2 N–H and O–H groups in total. The largest absolute Gasteiger partial charge is 0.494 e. The second-order valence-corrected chi connectivity index (χ2v) is 12.7. The van der Waals surface area contributed by atoms with Gasteiger partial charge in [-0.3, -0.25) is 9.59 Å². The molecule has 2 atom stereocenters. The number of halogens is 2. The fourth-order valence-electron chi connectivity index (χ4n) is 5.07. The molecule has 248 valence electrons. The van der Waals surface area contributed by atoms with Crippen molar-refractivity contribution in [2.24, 2.45) is 10.1 Å². The van der Waals surface area contributed by atoms with Gasteiger partial charge in [0.15, 0.2) is 11.6 Å². The molecule has 1 aliphatic heterocycles. The molecule has 4 rings (SSSR count). The van der Waals surface area contributed by atoms with Crippen molar-refractivity contribution < 1.29 is 28.9 Å². The van der Waals surface area contributed by atoms with Crippen molar-refractivity contribution in [2.75, 3.05) is 13.2 Å². The van der Waals surface area contributed by atoms with Crippen LogP contribution in [-0.2, 0) is 32.2 Å². The van der Waals surface area contributed by atoms with Gasteiger partial charge < -0.3 is 24.6 Å². The number of aliphatic hydroxyl groups excluding tert-OH is 1. The molecule has 47 heavy (non-hydrogen) atoms. The van der Waals surface area contributed by atoms with Crippen LogP contribution in [0.2, 0.25) is 10.0 Å². The number of ether oxygens (including phenoxy) is 3. The third kappa shape index (κ3) is 9.39. The summed E-state index contributed by atoms with van der Waals surface area (Å²) in [5, 5.41) is 16.6. The van der Waals surface area contributed by atoms with Gasteiger partial charge in [-0.1, -0.05) is 58.6 Å². The predicted molar refractivity (Wildman–Crippen MR) is 179 cm³/mol. The van der Waals surface area contributed by atoms with Crippen molar-refractivity contribution in [3.63, 3.8) is 0 Å². The summed E-state index contributed by atoms with van der Waals surface area (Å²) in [6, 6.07) is 19.1. The zero-order chi connectivity index (χ0) is 34.0. The Hall–Kier alpha value is -4.28. The van der Waals surface area contributed by atoms with E-state index in [-0.39, 0.29) is 38.4 Å². The lowest BCUT2D eigenvalue weighted by atomic mass is 9.81. The highest BCUT2D eigenvalue weighted by Gasteiger charge is 2.53. The van der Waals surface area contributed by atoms with Gasteiger partial charge in [0.1, 0.15) is 11.4 Å². The molecule has 0 radical (unpaired) electrons. The van der Waals surface area contributed by atoms with Crippen LogP contribution in [0.3, 0.4) is 0 Å². The van der Waals surface area contributed by atoms with Crippen molar-refractivity contribution in [1.82, 2.24) is 5.32 Å². The first-order chi connectivity index (χ1) is 22.5. The van der Waals surface area contributed by atoms with Crippen LogP contribution in [0.25, 0.3) is 10.4 Å². The molecule has 1 amide bonds. The molecule has 0 spiro atoms. The third-order valence-electron chi connectivity index (χ3n) is 7.26. The highest BCUT2D eigenvalue weighted by atomic mass is 35.5. The Morgan fingerprint density at radius 2 is 1.85 bits per heavy atom. The zero-order valence-corrected chi connectivity index (χ0v) is 27.9. The number of esters is 1. The van der Waals surface area contributed by atoms with Gasteiger partial charge in [0.25, 0.3) is 5.91 Å². The van der Waals surface area contributed by atoms with E-state index in [1.807, 2.05) is 0 Å². The van der Waals surface area contributed by atoms with Gasteiger partial charge in [-0.15, -0.1) is 0 Å². The fourth-order valence-corrected chi connectivity index (χ4v) is 5.54. The lowest BCUT2D eigenvalue weighted by Gasteiger charge is -2.32. The maximum absolute atomic E-state index is 14.5. The summed E-state index contributed by atoms with van der Waals surface area (Å²) in [6.45, 7) is 5.73. The molecule has 0 unspecified atom stereocenters. The fraction of sp³-hybridized carbons (Fsp3) is 0.382. The molecule has 0 bridgehead atoms. The molecule has 13 heteroatoms. The van der Waals surface area contributed by atoms with E-state index in [1.54, 1.807) is 87.5 Å². The second kappa shape index (κ2) is 16.0. The van der Waals surface area contributed by atoms with Crippen LogP contribution in [0, 0.1) is 0 Å². The molecule has 1 aliphatic rings. The SMILES string of the molecule is CC(C)(C)OC(=O)CC[C@@]1(C(=O)NCc2ccc(Cl)cc2Cl)N=C(c2ccc(OCCCO)cc2)O[C@@H]1c1ccccc1CN=[N+]=[N-]. The van der Waals surface area contributed by atoms with Crippen molar-refractivity contribution >= 4 is 41.0 Å². The Kier molecular flexibility index (Phi) is 12.1. The first-order valence-corrected chi connectivity index (χ1v) is 15.8. The summed E-state index contributed by atoms with van der Waals surface area (Å²) in [5.41, 5.74) is 9.09. The Labute approximate surface area is 283 Å². The van der Waals surface area contributed by atoms with Gasteiger partial charge in [0.05, 0.1) is 13.2 Å². The van der Waals surface area contributed by atoms with Gasteiger partial charge in [-0.25, -0.2) is 4.99 Å². The normalized spacial score (nSPS) is 17.2. The number of hydrogen-bond donors (Lipinski definition) is 2. The van der Waals surface area contributed by atoms with Crippen molar-refractivity contribution in [2.45, 2.75) is 70.4 Å². The summed E-state index contributed by atoms with van der Waals surface area (Å²) in [7, 11) is 0. The minimum atomic E-state index is -1.64. The number of carbonyl (C=O) groups is 2. The number of amides is 1. The van der Waals surface area contributed by atoms with Gasteiger partial charge >= 0.3 is 5.97 Å². The average molecular weight is 683 g/mol. The third-order valence-corrected chi connectivity index (χ3v) is 7.84. The molecule has 3 aromatic rings. The van der Waals surface area contributed by atoms with E-state index in [0.29, 0.717) is 51.1 Å². The van der Waals surface area contributed by atoms with Crippen molar-refractivity contribution in [3.05, 3.63) is 109 Å². The molecular formula is C34H37Cl2N5O6. The number of aliphatic imine (C=N–C) groups is 1. The molecule has 0 saturated carbocycles. The van der Waals surface area contributed by atoms with Gasteiger partial charge in [-0.2, -0.15) is 0 Å². The number of aliphatic hydroxyl groups is 1. The standard InChI is InChI=1S/C34H37Cl2N5O6/c1-33(2,3)47-29(43)15-16-34(32(44)38-20-24-9-12-25(35)19-28(24)36)30(27-8-5-4-7-23(27)21-39-41-37)46-31(40-34)22-10-13-26(14-11-22)45-18-6-17-42/h4-5,7-14,19,30,42H,6,15-18,20-21H2,1-3H3,(H,38,44)/t30-,34-/m1/s1. The van der Waals surface area contributed by atoms with Crippen LogP contribution in [0.4, 0.5) is 0 Å². The van der Waals surface area contributed by atoms with E-state index < -0.39 is 29.1 Å². The lowest BCUT2D eigenvalue weighted by Crippen LogP contribution is -2.48. The minimum absolute atomic E-state index is 0.00584. The molecule has 1 heterocycles. The highest BCUT2D eigenvalue weighted by molar-refractivity contribution is 6.35. The van der Waals surface area contributed by atoms with Crippen molar-refractivity contribution in [1.29, 1.82) is 0 Å². The predicted octanol–water partition coefficient (Wildman–Crippen LogP) is 7.26. The number of azide groups is 1. The summed E-state index contributed by atoms with van der Waals surface area (Å²) in [4.78, 5) is 35.3. The van der Waals surface area contributed by atoms with E-state index >= 15 is 0 Å². The van der Waals surface area contributed by atoms with Crippen LogP contribution < -0.4 is 10.1 Å². The molecule has 0 aliphatic carbocycles. The smallest absolute Gasteiger partial charge is 0.306 e. The van der Waals surface area contributed by atoms with Crippen LogP contribution in [0.15, 0.2) is 76.8 Å². The van der Waals surface area contributed by atoms with Gasteiger partial charge in [-0.05, 0) is 85.8 Å². The zero-order valence-electron chi connectivity index (χ0n) is 26.4. The summed E-state index contributed by atoms with van der Waals surface area (Å²) >= 11 is 12.5.